The number of nitrogens with zero attached hydrogens (tertiary/aromatic N) is 1. The van der Waals surface area contributed by atoms with Crippen molar-refractivity contribution >= 4 is 28.8 Å². The van der Waals surface area contributed by atoms with Gasteiger partial charge in [0.05, 0.1) is 11.6 Å². The summed E-state index contributed by atoms with van der Waals surface area (Å²) in [5, 5.41) is 0. The van der Waals surface area contributed by atoms with Gasteiger partial charge in [0.1, 0.15) is 5.41 Å². The van der Waals surface area contributed by atoms with Crippen molar-refractivity contribution < 1.29 is 32.3 Å². The van der Waals surface area contributed by atoms with E-state index in [0.29, 0.717) is 11.1 Å². The molecule has 1 heterocycles. The van der Waals surface area contributed by atoms with Crippen molar-refractivity contribution in [1.29, 1.82) is 0 Å². The van der Waals surface area contributed by atoms with Gasteiger partial charge >= 0.3 is 6.18 Å². The van der Waals surface area contributed by atoms with Crippen LogP contribution in [0.2, 0.25) is 0 Å². The van der Waals surface area contributed by atoms with Gasteiger partial charge in [-0.05, 0) is 49.2 Å². The van der Waals surface area contributed by atoms with Gasteiger partial charge < -0.3 is 4.90 Å². The van der Waals surface area contributed by atoms with E-state index < -0.39 is 57.8 Å². The molecule has 1 fully saturated rings. The highest BCUT2D eigenvalue weighted by Crippen LogP contribution is 2.69. The molecule has 2 aliphatic carbocycles. The molecule has 1 aliphatic heterocycles. The molecule has 0 N–H and O–H groups in total. The third-order valence-electron chi connectivity index (χ3n) is 10.5. The molecule has 0 aromatic heterocycles. The number of anilines is 1. The molecule has 8 heteroatoms. The van der Waals surface area contributed by atoms with Crippen LogP contribution in [0.25, 0.3) is 0 Å². The maximum atomic E-state index is 15.3. The van der Waals surface area contributed by atoms with E-state index in [1.165, 1.54) is 17.0 Å². The van der Waals surface area contributed by atoms with Gasteiger partial charge in [-0.1, -0.05) is 108 Å². The Kier molecular flexibility index (Phi) is 6.53. The van der Waals surface area contributed by atoms with Crippen LogP contribution in [0.3, 0.4) is 0 Å². The van der Waals surface area contributed by atoms with E-state index >= 15 is 19.2 Å². The third kappa shape index (κ3) is 3.94. The second-order valence-corrected chi connectivity index (χ2v) is 13.1. The van der Waals surface area contributed by atoms with Crippen LogP contribution in [0.1, 0.15) is 81.2 Å². The number of carbonyl (C=O) groups is 4. The Morgan fingerprint density at radius 3 is 1.37 bits per heavy atom. The van der Waals surface area contributed by atoms with Crippen molar-refractivity contribution in [3.05, 3.63) is 171 Å². The predicted octanol–water partition coefficient (Wildman–Crippen LogP) is 8.55. The van der Waals surface area contributed by atoms with E-state index in [1.54, 1.807) is 84.9 Å². The average Bonchev–Trinajstić information content (AvgIpc) is 3.60. The van der Waals surface area contributed by atoms with Gasteiger partial charge in [-0.15, -0.1) is 0 Å². The molecule has 0 bridgehead atoms. The van der Waals surface area contributed by atoms with Gasteiger partial charge in [-0.2, -0.15) is 13.2 Å². The Balaban J connectivity index is 1.55. The monoisotopic (exact) mass is 655 g/mol. The van der Waals surface area contributed by atoms with Gasteiger partial charge in [-0.3, -0.25) is 19.2 Å². The molecule has 5 nitrogen and oxygen atoms in total. The molecule has 0 amide bonds. The first-order valence-corrected chi connectivity index (χ1v) is 15.9. The Morgan fingerprint density at radius 1 is 0.531 bits per heavy atom. The van der Waals surface area contributed by atoms with Crippen LogP contribution in [-0.2, 0) is 6.18 Å². The highest BCUT2D eigenvalue weighted by Gasteiger charge is 2.81. The minimum atomic E-state index is -4.66. The molecule has 0 unspecified atom stereocenters. The quantitative estimate of drug-likeness (QED) is 0.182. The molecule has 5 aromatic rings. The van der Waals surface area contributed by atoms with Gasteiger partial charge in [0.15, 0.2) is 28.7 Å². The number of halogens is 3. The minimum Gasteiger partial charge on any atom is -0.343 e. The van der Waals surface area contributed by atoms with E-state index in [2.05, 4.69) is 0 Å². The Labute approximate surface area is 280 Å². The summed E-state index contributed by atoms with van der Waals surface area (Å²) in [6.07, 6.45) is -4.66. The molecular weight excluding hydrogens is 627 g/mol. The maximum Gasteiger partial charge on any atom is 0.416 e. The summed E-state index contributed by atoms with van der Waals surface area (Å²) in [6.45, 7) is 3.75. The van der Waals surface area contributed by atoms with Gasteiger partial charge in [0.25, 0.3) is 0 Å². The number of alkyl halides is 3. The average molecular weight is 656 g/mol. The largest absolute Gasteiger partial charge is 0.416 e. The second kappa shape index (κ2) is 10.4. The topological polar surface area (TPSA) is 71.5 Å². The molecule has 2 spiro atoms. The van der Waals surface area contributed by atoms with Crippen LogP contribution in [0, 0.1) is 19.3 Å². The lowest BCUT2D eigenvalue weighted by Crippen LogP contribution is -2.57. The highest BCUT2D eigenvalue weighted by molar-refractivity contribution is 6.39. The third-order valence-corrected chi connectivity index (χ3v) is 10.5. The number of ketones is 4. The summed E-state index contributed by atoms with van der Waals surface area (Å²) in [5.41, 5.74) is -1.89. The first kappa shape index (κ1) is 30.7. The van der Waals surface area contributed by atoms with Crippen molar-refractivity contribution in [3.63, 3.8) is 0 Å². The van der Waals surface area contributed by atoms with Crippen molar-refractivity contribution in [3.8, 4) is 0 Å². The SMILES string of the molecule is Cc1ccc([C@@H]2C3(C(=O)c4ccccc4C3=O)[C@@H](c3ccc(C)cc3)N(c3ccc(C(F)(F)F)cc3)C23C(=O)c2ccccc2C3=O)cc1. The zero-order valence-electron chi connectivity index (χ0n) is 26.4. The molecule has 1 saturated heterocycles. The smallest absolute Gasteiger partial charge is 0.343 e. The van der Waals surface area contributed by atoms with E-state index in [1.807, 2.05) is 26.0 Å². The fraction of sp³-hybridized carbons (Fsp3) is 0.171. The lowest BCUT2D eigenvalue weighted by Gasteiger charge is -2.40. The van der Waals surface area contributed by atoms with E-state index in [0.717, 1.165) is 23.3 Å². The first-order valence-electron chi connectivity index (χ1n) is 15.9. The Morgan fingerprint density at radius 2 is 0.939 bits per heavy atom. The molecular formula is C41H28F3NO4. The first-order chi connectivity index (χ1) is 23.4. The van der Waals surface area contributed by atoms with Gasteiger partial charge in [0.2, 0.25) is 0 Å². The van der Waals surface area contributed by atoms with Crippen LogP contribution in [0.15, 0.2) is 121 Å². The molecule has 49 heavy (non-hydrogen) atoms. The molecule has 0 radical (unpaired) electrons. The number of hydrogen-bond donors (Lipinski definition) is 0. The van der Waals surface area contributed by atoms with Gasteiger partial charge in [-0.25, -0.2) is 0 Å². The Hall–Kier alpha value is -5.63. The van der Waals surface area contributed by atoms with E-state index in [-0.39, 0.29) is 27.9 Å². The highest BCUT2D eigenvalue weighted by atomic mass is 19.4. The molecule has 5 aromatic carbocycles. The number of fused-ring (bicyclic) bond motifs is 2. The predicted molar refractivity (Wildman–Crippen MR) is 177 cm³/mol. The van der Waals surface area contributed by atoms with Crippen molar-refractivity contribution in [1.82, 2.24) is 0 Å². The molecule has 3 aliphatic rings. The second-order valence-electron chi connectivity index (χ2n) is 13.1. The number of hydrogen-bond acceptors (Lipinski definition) is 5. The fourth-order valence-corrected chi connectivity index (χ4v) is 8.43. The van der Waals surface area contributed by atoms with Crippen LogP contribution >= 0.6 is 0 Å². The molecule has 8 rings (SSSR count). The molecule has 2 atom stereocenters. The summed E-state index contributed by atoms with van der Waals surface area (Å²) in [7, 11) is 0. The minimum absolute atomic E-state index is 0.0959. The van der Waals surface area contributed by atoms with Crippen LogP contribution in [0.5, 0.6) is 0 Å². The zero-order valence-corrected chi connectivity index (χ0v) is 26.4. The number of aryl methyl sites for hydroxylation is 2. The van der Waals surface area contributed by atoms with Gasteiger partial charge in [0, 0.05) is 33.9 Å². The summed E-state index contributed by atoms with van der Waals surface area (Å²) >= 11 is 0. The standard InChI is InChI=1S/C41H28F3NO4/c1-23-11-15-25(16-12-23)33-39(35(46)29-7-3-4-8-30(29)36(39)47)34(26-17-13-24(2)14-18-26)45(28-21-19-27(20-22-28)41(42,43)44)40(33)37(48)31-9-5-6-10-32(31)38(40)49/h3-22,33-34H,1-2H3/t33-,34-/m1/s1. The van der Waals surface area contributed by atoms with Crippen molar-refractivity contribution in [2.45, 2.75) is 37.5 Å². The van der Waals surface area contributed by atoms with Crippen LogP contribution < -0.4 is 4.90 Å². The lowest BCUT2D eigenvalue weighted by molar-refractivity contribution is -0.137. The van der Waals surface area contributed by atoms with Crippen molar-refractivity contribution in [2.75, 3.05) is 4.90 Å². The van der Waals surface area contributed by atoms with Crippen LogP contribution in [0.4, 0.5) is 18.9 Å². The fourth-order valence-electron chi connectivity index (χ4n) is 8.43. The number of benzene rings is 5. The summed E-state index contributed by atoms with van der Waals surface area (Å²) < 4.78 is 41.6. The number of carbonyl (C=O) groups excluding carboxylic acids is 4. The van der Waals surface area contributed by atoms with E-state index in [9.17, 15) is 13.2 Å². The van der Waals surface area contributed by atoms with E-state index in [4.69, 9.17) is 0 Å². The summed E-state index contributed by atoms with van der Waals surface area (Å²) in [6, 6.07) is 30.0. The number of rotatable bonds is 3. The van der Waals surface area contributed by atoms with Crippen LogP contribution in [-0.4, -0.2) is 28.7 Å². The normalized spacial score (nSPS) is 20.4. The van der Waals surface area contributed by atoms with Crippen molar-refractivity contribution in [2.24, 2.45) is 5.41 Å². The maximum absolute atomic E-state index is 15.3. The summed E-state index contributed by atoms with van der Waals surface area (Å²) in [4.78, 5) is 62.7. The summed E-state index contributed by atoms with van der Waals surface area (Å²) in [5.74, 6) is -3.70. The Bertz CT molecular complexity index is 2150. The zero-order chi connectivity index (χ0) is 34.5. The molecule has 242 valence electrons. The number of Topliss-reactive ketones (excluding diaryl/α,β-unsaturated/α-hetero) is 4. The molecule has 0 saturated carbocycles. The lowest BCUT2D eigenvalue weighted by atomic mass is 9.59.